The molecule has 0 aliphatic carbocycles. The molecule has 0 radical (unpaired) electrons. The van der Waals surface area contributed by atoms with Gasteiger partial charge in [0.25, 0.3) is 0 Å². The molecule has 0 saturated carbocycles. The maximum Gasteiger partial charge on any atom is 0.122 e. The second-order valence-corrected chi connectivity index (χ2v) is 4.68. The molecule has 100 valence electrons. The molecule has 0 spiro atoms. The van der Waals surface area contributed by atoms with Crippen molar-refractivity contribution in [1.82, 2.24) is 10.3 Å². The first-order valence-electron chi connectivity index (χ1n) is 6.40. The van der Waals surface area contributed by atoms with Gasteiger partial charge in [-0.05, 0) is 49.7 Å². The predicted molar refractivity (Wildman–Crippen MR) is 77.6 cm³/mol. The van der Waals surface area contributed by atoms with Gasteiger partial charge >= 0.3 is 0 Å². The van der Waals surface area contributed by atoms with Crippen LogP contribution in [0.5, 0.6) is 5.75 Å². The normalized spacial score (nSPS) is 12.2. The minimum absolute atomic E-state index is 0.127. The zero-order chi connectivity index (χ0) is 13.8. The summed E-state index contributed by atoms with van der Waals surface area (Å²) in [5.74, 6) is 0.915. The lowest BCUT2D eigenvalue weighted by atomic mass is 9.98. The Balaban J connectivity index is 2.39. The Bertz CT molecular complexity index is 549. The van der Waals surface area contributed by atoms with Gasteiger partial charge in [-0.15, -0.1) is 0 Å². The Morgan fingerprint density at radius 1 is 1.11 bits per heavy atom. The molecule has 2 rings (SSSR count). The fourth-order valence-corrected chi connectivity index (χ4v) is 2.19. The second kappa shape index (κ2) is 5.85. The lowest BCUT2D eigenvalue weighted by Gasteiger charge is -2.18. The van der Waals surface area contributed by atoms with E-state index in [2.05, 4.69) is 34.6 Å². The predicted octanol–water partition coefficient (Wildman–Crippen LogP) is 3.02. The third-order valence-electron chi connectivity index (χ3n) is 3.32. The Labute approximate surface area is 114 Å². The molecule has 19 heavy (non-hydrogen) atoms. The summed E-state index contributed by atoms with van der Waals surface area (Å²) < 4.78 is 5.39. The van der Waals surface area contributed by atoms with E-state index in [1.54, 1.807) is 7.11 Å². The molecule has 1 unspecified atom stereocenters. The van der Waals surface area contributed by atoms with Gasteiger partial charge in [0.15, 0.2) is 0 Å². The molecular formula is C16H20N2O. The molecule has 1 N–H and O–H groups in total. The van der Waals surface area contributed by atoms with Crippen LogP contribution in [0.1, 0.15) is 28.4 Å². The van der Waals surface area contributed by atoms with E-state index in [0.29, 0.717) is 0 Å². The molecule has 1 aromatic carbocycles. The zero-order valence-corrected chi connectivity index (χ0v) is 11.9. The molecule has 3 heteroatoms. The number of aromatic nitrogens is 1. The van der Waals surface area contributed by atoms with E-state index in [1.807, 2.05) is 33.2 Å². The summed E-state index contributed by atoms with van der Waals surface area (Å²) in [5, 5.41) is 3.33. The van der Waals surface area contributed by atoms with Crippen LogP contribution in [0, 0.1) is 13.8 Å². The van der Waals surface area contributed by atoms with Crippen molar-refractivity contribution in [3.05, 3.63) is 58.9 Å². The number of rotatable bonds is 4. The average molecular weight is 256 g/mol. The molecule has 1 aromatic heterocycles. The van der Waals surface area contributed by atoms with Gasteiger partial charge in [0.1, 0.15) is 5.75 Å². The molecule has 1 atom stereocenters. The van der Waals surface area contributed by atoms with Crippen LogP contribution in [0.15, 0.2) is 36.5 Å². The minimum atomic E-state index is 0.127. The number of aryl methyl sites for hydroxylation is 2. The van der Waals surface area contributed by atoms with Crippen LogP contribution in [0.3, 0.4) is 0 Å². The maximum atomic E-state index is 5.39. The fraction of sp³-hybridized carbons (Fsp3) is 0.312. The van der Waals surface area contributed by atoms with E-state index in [1.165, 1.54) is 5.56 Å². The highest BCUT2D eigenvalue weighted by molar-refractivity contribution is 5.40. The van der Waals surface area contributed by atoms with Crippen LogP contribution in [0.2, 0.25) is 0 Å². The van der Waals surface area contributed by atoms with Crippen molar-refractivity contribution < 1.29 is 4.74 Å². The fourth-order valence-electron chi connectivity index (χ4n) is 2.19. The monoisotopic (exact) mass is 256 g/mol. The molecule has 0 aliphatic rings. The van der Waals surface area contributed by atoms with Gasteiger partial charge in [0.2, 0.25) is 0 Å². The number of pyridine rings is 1. The highest BCUT2D eigenvalue weighted by Crippen LogP contribution is 2.27. The summed E-state index contributed by atoms with van der Waals surface area (Å²) in [7, 11) is 3.66. The Kier molecular flexibility index (Phi) is 4.17. The average Bonchev–Trinajstić information content (AvgIpc) is 2.43. The number of nitrogens with zero attached hydrogens (tertiary/aromatic N) is 1. The van der Waals surface area contributed by atoms with E-state index in [0.717, 1.165) is 22.6 Å². The van der Waals surface area contributed by atoms with Gasteiger partial charge in [-0.25, -0.2) is 0 Å². The van der Waals surface area contributed by atoms with E-state index in [4.69, 9.17) is 4.74 Å². The summed E-state index contributed by atoms with van der Waals surface area (Å²) in [5.41, 5.74) is 4.50. The van der Waals surface area contributed by atoms with Gasteiger partial charge < -0.3 is 10.1 Å². The van der Waals surface area contributed by atoms with E-state index in [-0.39, 0.29) is 6.04 Å². The molecule has 2 aromatic rings. The van der Waals surface area contributed by atoms with Crippen LogP contribution < -0.4 is 10.1 Å². The van der Waals surface area contributed by atoms with Gasteiger partial charge in [-0.3, -0.25) is 4.98 Å². The van der Waals surface area contributed by atoms with Crippen LogP contribution in [0.4, 0.5) is 0 Å². The molecule has 0 aliphatic heterocycles. The van der Waals surface area contributed by atoms with Crippen LogP contribution >= 0.6 is 0 Å². The zero-order valence-electron chi connectivity index (χ0n) is 11.9. The van der Waals surface area contributed by atoms with Crippen molar-refractivity contribution >= 4 is 0 Å². The third-order valence-corrected chi connectivity index (χ3v) is 3.32. The smallest absolute Gasteiger partial charge is 0.122 e. The Hall–Kier alpha value is -1.87. The lowest BCUT2D eigenvalue weighted by Crippen LogP contribution is -2.18. The van der Waals surface area contributed by atoms with Crippen molar-refractivity contribution in [2.24, 2.45) is 0 Å². The Morgan fingerprint density at radius 2 is 1.84 bits per heavy atom. The Morgan fingerprint density at radius 3 is 2.42 bits per heavy atom. The SMILES string of the molecule is CNC(c1ccc(C)nc1)c1ccc(C)c(OC)c1. The molecular weight excluding hydrogens is 236 g/mol. The van der Waals surface area contributed by atoms with Gasteiger partial charge in [-0.2, -0.15) is 0 Å². The van der Waals surface area contributed by atoms with E-state index >= 15 is 0 Å². The number of hydrogen-bond acceptors (Lipinski definition) is 3. The summed E-state index contributed by atoms with van der Waals surface area (Å²) in [4.78, 5) is 4.36. The molecule has 0 saturated heterocycles. The number of benzene rings is 1. The standard InChI is InChI=1S/C16H20N2O/c1-11-5-7-13(9-15(11)19-4)16(17-3)14-8-6-12(2)18-10-14/h5-10,16-17H,1-4H3. The van der Waals surface area contributed by atoms with Crippen LogP contribution in [0.25, 0.3) is 0 Å². The van der Waals surface area contributed by atoms with Crippen LogP contribution in [-0.4, -0.2) is 19.1 Å². The second-order valence-electron chi connectivity index (χ2n) is 4.68. The number of nitrogens with one attached hydrogen (secondary N) is 1. The van der Waals surface area contributed by atoms with Crippen molar-refractivity contribution in [3.8, 4) is 5.75 Å². The molecule has 0 bridgehead atoms. The van der Waals surface area contributed by atoms with Crippen molar-refractivity contribution in [1.29, 1.82) is 0 Å². The summed E-state index contributed by atoms with van der Waals surface area (Å²) in [6, 6.07) is 10.6. The highest BCUT2D eigenvalue weighted by Gasteiger charge is 2.13. The maximum absolute atomic E-state index is 5.39. The summed E-state index contributed by atoms with van der Waals surface area (Å²) in [6.07, 6.45) is 1.92. The molecule has 3 nitrogen and oxygen atoms in total. The number of ether oxygens (including phenoxy) is 1. The van der Waals surface area contributed by atoms with E-state index < -0.39 is 0 Å². The van der Waals surface area contributed by atoms with Crippen molar-refractivity contribution in [3.63, 3.8) is 0 Å². The topological polar surface area (TPSA) is 34.2 Å². The summed E-state index contributed by atoms with van der Waals surface area (Å²) in [6.45, 7) is 4.04. The first kappa shape index (κ1) is 13.6. The minimum Gasteiger partial charge on any atom is -0.496 e. The molecule has 0 amide bonds. The van der Waals surface area contributed by atoms with Crippen LogP contribution in [-0.2, 0) is 0 Å². The molecule has 1 heterocycles. The van der Waals surface area contributed by atoms with Crippen molar-refractivity contribution in [2.45, 2.75) is 19.9 Å². The largest absolute Gasteiger partial charge is 0.496 e. The first-order valence-corrected chi connectivity index (χ1v) is 6.40. The van der Waals surface area contributed by atoms with Gasteiger partial charge in [-0.1, -0.05) is 18.2 Å². The lowest BCUT2D eigenvalue weighted by molar-refractivity contribution is 0.410. The number of hydrogen-bond donors (Lipinski definition) is 1. The third kappa shape index (κ3) is 2.93. The number of methoxy groups -OCH3 is 1. The quantitative estimate of drug-likeness (QED) is 0.913. The highest BCUT2D eigenvalue weighted by atomic mass is 16.5. The van der Waals surface area contributed by atoms with Gasteiger partial charge in [0.05, 0.1) is 13.2 Å². The van der Waals surface area contributed by atoms with Crippen molar-refractivity contribution in [2.75, 3.05) is 14.2 Å². The van der Waals surface area contributed by atoms with Gasteiger partial charge in [0, 0.05) is 11.9 Å². The molecule has 0 fully saturated rings. The first-order chi connectivity index (χ1) is 9.15. The summed E-state index contributed by atoms with van der Waals surface area (Å²) >= 11 is 0. The van der Waals surface area contributed by atoms with E-state index in [9.17, 15) is 0 Å².